The van der Waals surface area contributed by atoms with Gasteiger partial charge in [-0.15, -0.1) is 11.3 Å². The van der Waals surface area contributed by atoms with Crippen LogP contribution in [0.5, 0.6) is 11.5 Å². The number of nitrogens with zero attached hydrogens (tertiary/aromatic N) is 2. The number of ether oxygens (including phenoxy) is 2. The van der Waals surface area contributed by atoms with Crippen LogP contribution >= 0.6 is 34.5 Å². The largest absolute Gasteiger partial charge is 0.493 e. The van der Waals surface area contributed by atoms with E-state index in [-0.39, 0.29) is 4.90 Å². The molecule has 0 atom stereocenters. The predicted octanol–water partition coefficient (Wildman–Crippen LogP) is 5.58. The van der Waals surface area contributed by atoms with Crippen LogP contribution in [0.25, 0.3) is 11.3 Å². The zero-order valence-electron chi connectivity index (χ0n) is 17.5. The summed E-state index contributed by atoms with van der Waals surface area (Å²) in [6.45, 7) is 1.22. The molecule has 32 heavy (non-hydrogen) atoms. The van der Waals surface area contributed by atoms with E-state index < -0.39 is 15.1 Å². The van der Waals surface area contributed by atoms with Gasteiger partial charge in [0.2, 0.25) is 0 Å². The second-order valence-corrected chi connectivity index (χ2v) is 11.3. The molecule has 170 valence electrons. The van der Waals surface area contributed by atoms with Crippen molar-refractivity contribution < 1.29 is 17.9 Å². The van der Waals surface area contributed by atoms with Crippen LogP contribution in [0.3, 0.4) is 0 Å². The fourth-order valence-corrected chi connectivity index (χ4v) is 6.90. The van der Waals surface area contributed by atoms with E-state index in [9.17, 15) is 8.42 Å². The Morgan fingerprint density at radius 2 is 1.75 bits per heavy atom. The minimum absolute atomic E-state index is 0.252. The van der Waals surface area contributed by atoms with Crippen molar-refractivity contribution in [3.63, 3.8) is 0 Å². The van der Waals surface area contributed by atoms with Gasteiger partial charge in [0.25, 0.3) is 0 Å². The first-order valence-corrected chi connectivity index (χ1v) is 13.1. The summed E-state index contributed by atoms with van der Waals surface area (Å²) < 4.78 is 36.9. The maximum atomic E-state index is 13.2. The van der Waals surface area contributed by atoms with Crippen LogP contribution in [0.4, 0.5) is 5.13 Å². The van der Waals surface area contributed by atoms with Crippen molar-refractivity contribution in [1.82, 2.24) is 4.98 Å². The number of piperidine rings is 1. The lowest BCUT2D eigenvalue weighted by Crippen LogP contribution is -2.39. The van der Waals surface area contributed by atoms with Crippen LogP contribution in [0.2, 0.25) is 10.0 Å². The third-order valence-electron chi connectivity index (χ3n) is 5.53. The number of halogens is 2. The quantitative estimate of drug-likeness (QED) is 0.429. The molecule has 1 aliphatic rings. The molecule has 4 rings (SSSR count). The topological polar surface area (TPSA) is 68.7 Å². The second kappa shape index (κ2) is 9.47. The number of hydrogen-bond donors (Lipinski definition) is 0. The van der Waals surface area contributed by atoms with Gasteiger partial charge >= 0.3 is 0 Å². The molecule has 0 amide bonds. The van der Waals surface area contributed by atoms with Crippen LogP contribution in [0, 0.1) is 0 Å². The van der Waals surface area contributed by atoms with Crippen LogP contribution < -0.4 is 14.4 Å². The Morgan fingerprint density at radius 1 is 1.03 bits per heavy atom. The zero-order valence-corrected chi connectivity index (χ0v) is 20.7. The number of aromatic nitrogens is 1. The van der Waals surface area contributed by atoms with Crippen molar-refractivity contribution in [2.75, 3.05) is 32.2 Å². The second-order valence-electron chi connectivity index (χ2n) is 7.39. The van der Waals surface area contributed by atoms with Gasteiger partial charge in [0, 0.05) is 35.1 Å². The minimum atomic E-state index is -3.48. The summed E-state index contributed by atoms with van der Waals surface area (Å²) in [5, 5.41) is 3.48. The third-order valence-corrected chi connectivity index (χ3v) is 9.24. The number of anilines is 1. The maximum Gasteiger partial charge on any atom is 0.185 e. The first-order chi connectivity index (χ1) is 15.3. The van der Waals surface area contributed by atoms with E-state index in [1.807, 2.05) is 11.4 Å². The van der Waals surface area contributed by atoms with Crippen molar-refractivity contribution in [2.24, 2.45) is 0 Å². The highest BCUT2D eigenvalue weighted by Crippen LogP contribution is 2.36. The van der Waals surface area contributed by atoms with E-state index in [0.717, 1.165) is 16.4 Å². The summed E-state index contributed by atoms with van der Waals surface area (Å²) in [6, 6.07) is 10.1. The molecule has 3 aromatic rings. The summed E-state index contributed by atoms with van der Waals surface area (Å²) in [7, 11) is -0.469. The smallest absolute Gasteiger partial charge is 0.185 e. The average Bonchev–Trinajstić information content (AvgIpc) is 3.28. The van der Waals surface area contributed by atoms with Crippen molar-refractivity contribution in [1.29, 1.82) is 0 Å². The third kappa shape index (κ3) is 4.55. The number of rotatable bonds is 6. The maximum absolute atomic E-state index is 13.2. The van der Waals surface area contributed by atoms with Gasteiger partial charge in [-0.1, -0.05) is 23.2 Å². The molecule has 0 saturated carbocycles. The van der Waals surface area contributed by atoms with E-state index in [4.69, 9.17) is 37.7 Å². The predicted molar refractivity (Wildman–Crippen MR) is 130 cm³/mol. The molecule has 2 heterocycles. The molecule has 0 unspecified atom stereocenters. The van der Waals surface area contributed by atoms with Crippen LogP contribution in [0.1, 0.15) is 12.8 Å². The number of hydrogen-bond acceptors (Lipinski definition) is 7. The van der Waals surface area contributed by atoms with E-state index >= 15 is 0 Å². The first-order valence-electron chi connectivity index (χ1n) is 9.95. The number of benzene rings is 2. The molecule has 2 aromatic carbocycles. The van der Waals surface area contributed by atoms with Crippen molar-refractivity contribution in [3.8, 4) is 22.8 Å². The Hall–Kier alpha value is -2.00. The highest BCUT2D eigenvalue weighted by atomic mass is 35.5. The van der Waals surface area contributed by atoms with Gasteiger partial charge < -0.3 is 14.4 Å². The molecule has 0 N–H and O–H groups in total. The first kappa shape index (κ1) is 23.2. The fraction of sp³-hybridized carbons (Fsp3) is 0.318. The molecule has 10 heteroatoms. The molecule has 0 radical (unpaired) electrons. The standard InChI is InChI=1S/C22H22Cl2N2O4S2/c1-29-20-6-4-16(12-21(20)30-2)32(27,28)15-7-9-26(10-8-15)22-25-19(13-31-22)17-5-3-14(23)11-18(17)24/h3-6,11-13,15H,7-10H2,1-2H3. The van der Waals surface area contributed by atoms with E-state index in [1.54, 1.807) is 24.3 Å². The monoisotopic (exact) mass is 512 g/mol. The number of methoxy groups -OCH3 is 2. The van der Waals surface area contributed by atoms with Crippen LogP contribution in [-0.2, 0) is 9.84 Å². The van der Waals surface area contributed by atoms with Gasteiger partial charge in [0.05, 0.1) is 35.1 Å². The molecular formula is C22H22Cl2N2O4S2. The zero-order chi connectivity index (χ0) is 22.9. The van der Waals surface area contributed by atoms with Gasteiger partial charge in [-0.3, -0.25) is 0 Å². The lowest BCUT2D eigenvalue weighted by Gasteiger charge is -2.31. The van der Waals surface area contributed by atoms with E-state index in [2.05, 4.69) is 4.90 Å². The molecule has 6 nitrogen and oxygen atoms in total. The Balaban J connectivity index is 1.47. The van der Waals surface area contributed by atoms with Crippen molar-refractivity contribution >= 4 is 49.5 Å². The normalized spacial score (nSPS) is 15.1. The van der Waals surface area contributed by atoms with Crippen LogP contribution in [-0.4, -0.2) is 46.0 Å². The molecule has 0 bridgehead atoms. The molecule has 1 saturated heterocycles. The van der Waals surface area contributed by atoms with Gasteiger partial charge in [0.15, 0.2) is 26.5 Å². The number of thiazole rings is 1. The Morgan fingerprint density at radius 3 is 2.41 bits per heavy atom. The average molecular weight is 513 g/mol. The van der Waals surface area contributed by atoms with Gasteiger partial charge in [0.1, 0.15) is 0 Å². The highest BCUT2D eigenvalue weighted by Gasteiger charge is 2.32. The van der Waals surface area contributed by atoms with Crippen molar-refractivity contribution in [2.45, 2.75) is 23.0 Å². The molecular weight excluding hydrogens is 491 g/mol. The lowest BCUT2D eigenvalue weighted by atomic mass is 10.1. The molecule has 1 fully saturated rings. The molecule has 1 aliphatic heterocycles. The summed E-state index contributed by atoms with van der Waals surface area (Å²) in [5.74, 6) is 0.906. The Bertz CT molecular complexity index is 1220. The SMILES string of the molecule is COc1ccc(S(=O)(=O)C2CCN(c3nc(-c4ccc(Cl)cc4Cl)cs3)CC2)cc1OC. The van der Waals surface area contributed by atoms with Gasteiger partial charge in [-0.2, -0.15) is 0 Å². The van der Waals surface area contributed by atoms with E-state index in [0.29, 0.717) is 47.5 Å². The van der Waals surface area contributed by atoms with Crippen LogP contribution in [0.15, 0.2) is 46.7 Å². The molecule has 1 aromatic heterocycles. The summed E-state index contributed by atoms with van der Waals surface area (Å²) in [4.78, 5) is 7.09. The number of sulfone groups is 1. The lowest BCUT2D eigenvalue weighted by molar-refractivity contribution is 0.354. The van der Waals surface area contributed by atoms with Crippen molar-refractivity contribution in [3.05, 3.63) is 51.8 Å². The van der Waals surface area contributed by atoms with Gasteiger partial charge in [-0.05, 0) is 43.2 Å². The summed E-state index contributed by atoms with van der Waals surface area (Å²) in [6.07, 6.45) is 1.04. The molecule has 0 aliphatic carbocycles. The summed E-state index contributed by atoms with van der Waals surface area (Å²) in [5.41, 5.74) is 1.61. The van der Waals surface area contributed by atoms with E-state index in [1.165, 1.54) is 31.6 Å². The molecule has 0 spiro atoms. The highest BCUT2D eigenvalue weighted by molar-refractivity contribution is 7.92. The Kier molecular flexibility index (Phi) is 6.86. The minimum Gasteiger partial charge on any atom is -0.493 e. The fourth-order valence-electron chi connectivity index (χ4n) is 3.77. The summed E-state index contributed by atoms with van der Waals surface area (Å²) >= 11 is 13.8. The van der Waals surface area contributed by atoms with Gasteiger partial charge in [-0.25, -0.2) is 13.4 Å². The Labute approximate surface area is 201 Å².